The number of hydrogen-bond acceptors (Lipinski definition) is 2. The van der Waals surface area contributed by atoms with Crippen LogP contribution in [-0.4, -0.2) is 11.6 Å². The van der Waals surface area contributed by atoms with Gasteiger partial charge in [-0.05, 0) is 62.7 Å². The Balaban J connectivity index is 0.00000108. The van der Waals surface area contributed by atoms with Crippen molar-refractivity contribution in [2.24, 2.45) is 23.7 Å². The Hall–Kier alpha value is 0.314. The largest absolute Gasteiger partial charge is 0.483 e. The molecule has 0 amide bonds. The van der Waals surface area contributed by atoms with E-state index >= 15 is 0 Å². The van der Waals surface area contributed by atoms with Crippen molar-refractivity contribution in [3.63, 3.8) is 0 Å². The standard InChI is InChI=1S/C14H19O2.Y/c1-3-13(15)16-14(2)11-5-9-4-10(7-11)8-12(14)6-9;/h9-12H,1,4-8H2,2H3;/q-1;. The first-order valence-corrected chi connectivity index (χ1v) is 6.38. The minimum atomic E-state index is -0.366. The van der Waals surface area contributed by atoms with Gasteiger partial charge in [0.25, 0.3) is 0 Å². The Labute approximate surface area is 128 Å². The molecule has 0 aromatic rings. The molecule has 3 heteroatoms. The molecular formula is C14H19O2Y-. The van der Waals surface area contributed by atoms with Gasteiger partial charge in [-0.25, -0.2) is 0 Å². The van der Waals surface area contributed by atoms with Crippen LogP contribution in [-0.2, 0) is 42.2 Å². The van der Waals surface area contributed by atoms with Gasteiger partial charge in [-0.2, -0.15) is 0 Å². The molecule has 0 aromatic carbocycles. The van der Waals surface area contributed by atoms with Gasteiger partial charge in [0.2, 0.25) is 0 Å². The van der Waals surface area contributed by atoms with E-state index in [0.29, 0.717) is 11.8 Å². The summed E-state index contributed by atoms with van der Waals surface area (Å²) in [5.41, 5.74) is -0.227. The fourth-order valence-corrected chi connectivity index (χ4v) is 4.52. The first-order valence-electron chi connectivity index (χ1n) is 6.38. The Morgan fingerprint density at radius 3 is 2.06 bits per heavy atom. The Bertz CT molecular complexity index is 309. The summed E-state index contributed by atoms with van der Waals surface area (Å²) in [5, 5.41) is 0. The van der Waals surface area contributed by atoms with Crippen LogP contribution in [0.25, 0.3) is 0 Å². The van der Waals surface area contributed by atoms with Crippen LogP contribution in [0, 0.1) is 29.7 Å². The van der Waals surface area contributed by atoms with E-state index in [1.165, 1.54) is 32.1 Å². The maximum atomic E-state index is 11.4. The fraction of sp³-hybridized carbons (Fsp3) is 0.786. The topological polar surface area (TPSA) is 26.3 Å². The van der Waals surface area contributed by atoms with E-state index in [-0.39, 0.29) is 44.3 Å². The van der Waals surface area contributed by atoms with Crippen LogP contribution in [0.4, 0.5) is 0 Å². The Kier molecular flexibility index (Phi) is 3.86. The molecule has 4 aliphatic rings. The molecule has 4 rings (SSSR count). The molecule has 0 heterocycles. The Morgan fingerprint density at radius 2 is 1.65 bits per heavy atom. The number of esters is 1. The average molecular weight is 308 g/mol. The molecule has 0 N–H and O–H groups in total. The molecule has 91 valence electrons. The zero-order valence-electron chi connectivity index (χ0n) is 10.4. The molecule has 0 atom stereocenters. The second kappa shape index (κ2) is 4.77. The second-order valence-corrected chi connectivity index (χ2v) is 6.05. The van der Waals surface area contributed by atoms with Crippen molar-refractivity contribution < 1.29 is 42.2 Å². The molecule has 0 aliphatic heterocycles. The monoisotopic (exact) mass is 308 g/mol. The van der Waals surface area contributed by atoms with E-state index < -0.39 is 0 Å². The normalized spacial score (nSPS) is 46.2. The molecular weight excluding hydrogens is 289 g/mol. The minimum Gasteiger partial charge on any atom is -0.483 e. The first-order chi connectivity index (χ1) is 7.61. The van der Waals surface area contributed by atoms with Crippen LogP contribution in [0.3, 0.4) is 0 Å². The van der Waals surface area contributed by atoms with E-state index in [0.717, 1.165) is 11.8 Å². The summed E-state index contributed by atoms with van der Waals surface area (Å²) in [4.78, 5) is 11.4. The summed E-state index contributed by atoms with van der Waals surface area (Å²) in [6, 6.07) is 0. The summed E-state index contributed by atoms with van der Waals surface area (Å²) < 4.78 is 5.65. The van der Waals surface area contributed by atoms with Gasteiger partial charge in [-0.15, -0.1) is 0 Å². The molecule has 17 heavy (non-hydrogen) atoms. The maximum absolute atomic E-state index is 11.4. The van der Waals surface area contributed by atoms with Crippen molar-refractivity contribution in [3.05, 3.63) is 12.7 Å². The number of ether oxygens (including phenoxy) is 1. The van der Waals surface area contributed by atoms with Gasteiger partial charge in [-0.1, -0.05) is 0 Å². The maximum Gasteiger partial charge on any atom is 0.147 e. The first kappa shape index (κ1) is 13.7. The van der Waals surface area contributed by atoms with Crippen LogP contribution >= 0.6 is 0 Å². The summed E-state index contributed by atoms with van der Waals surface area (Å²) in [6.07, 6.45) is 8.79. The second-order valence-electron chi connectivity index (χ2n) is 6.05. The van der Waals surface area contributed by atoms with E-state index in [1.54, 1.807) is 0 Å². The number of carbonyl (C=O) groups excluding carboxylic acids is 1. The molecule has 0 unspecified atom stereocenters. The predicted molar refractivity (Wildman–Crippen MR) is 60.4 cm³/mol. The van der Waals surface area contributed by atoms with Crippen molar-refractivity contribution in [3.8, 4) is 0 Å². The van der Waals surface area contributed by atoms with Crippen molar-refractivity contribution >= 4 is 5.97 Å². The molecule has 4 saturated carbocycles. The van der Waals surface area contributed by atoms with Crippen molar-refractivity contribution in [2.75, 3.05) is 0 Å². The predicted octanol–water partition coefficient (Wildman–Crippen LogP) is 2.73. The van der Waals surface area contributed by atoms with Crippen molar-refractivity contribution in [2.45, 2.75) is 44.6 Å². The molecule has 1 radical (unpaired) electrons. The number of rotatable bonds is 2. The van der Waals surface area contributed by atoms with E-state index in [9.17, 15) is 4.79 Å². The third kappa shape index (κ3) is 2.16. The zero-order valence-corrected chi connectivity index (χ0v) is 13.3. The van der Waals surface area contributed by atoms with E-state index in [2.05, 4.69) is 19.6 Å². The molecule has 4 aliphatic carbocycles. The summed E-state index contributed by atoms with van der Waals surface area (Å²) >= 11 is 0. The zero-order chi connectivity index (χ0) is 11.3. The van der Waals surface area contributed by atoms with Crippen molar-refractivity contribution in [1.82, 2.24) is 0 Å². The third-order valence-electron chi connectivity index (χ3n) is 5.22. The van der Waals surface area contributed by atoms with Crippen molar-refractivity contribution in [1.29, 1.82) is 0 Å². The van der Waals surface area contributed by atoms with Crippen LogP contribution in [0.5, 0.6) is 0 Å². The summed E-state index contributed by atoms with van der Waals surface area (Å²) in [7, 11) is 0. The van der Waals surface area contributed by atoms with Crippen LogP contribution in [0.15, 0.2) is 6.58 Å². The van der Waals surface area contributed by atoms with Gasteiger partial charge in [0, 0.05) is 32.7 Å². The molecule has 4 bridgehead atoms. The number of hydrogen-bond donors (Lipinski definition) is 0. The van der Waals surface area contributed by atoms with E-state index in [4.69, 9.17) is 4.74 Å². The molecule has 0 saturated heterocycles. The smallest absolute Gasteiger partial charge is 0.147 e. The summed E-state index contributed by atoms with van der Waals surface area (Å²) in [6.45, 7) is 5.51. The SMILES string of the molecule is C=[C-]C(=O)OC1(C)C2CC3CC(C2)CC1C3.[Y]. The number of carbonyl (C=O) groups is 1. The average Bonchev–Trinajstić information content (AvgIpc) is 2.25. The molecule has 2 nitrogen and oxygen atoms in total. The molecule has 0 spiro atoms. The van der Waals surface area contributed by atoms with Gasteiger partial charge in [-0.3, -0.25) is 11.4 Å². The molecule has 4 fully saturated rings. The van der Waals surface area contributed by atoms with Crippen LogP contribution < -0.4 is 0 Å². The van der Waals surface area contributed by atoms with Crippen LogP contribution in [0.1, 0.15) is 39.0 Å². The third-order valence-corrected chi connectivity index (χ3v) is 5.22. The minimum absolute atomic E-state index is 0. The van der Waals surface area contributed by atoms with Gasteiger partial charge >= 0.3 is 0 Å². The molecule has 0 aromatic heterocycles. The Morgan fingerprint density at radius 1 is 1.18 bits per heavy atom. The quantitative estimate of drug-likeness (QED) is 0.445. The van der Waals surface area contributed by atoms with Gasteiger partial charge in [0.15, 0.2) is 0 Å². The van der Waals surface area contributed by atoms with Crippen LogP contribution in [0.2, 0.25) is 0 Å². The van der Waals surface area contributed by atoms with Gasteiger partial charge < -0.3 is 10.8 Å². The van der Waals surface area contributed by atoms with Gasteiger partial charge in [0.05, 0.1) is 0 Å². The van der Waals surface area contributed by atoms with E-state index in [1.807, 2.05) is 0 Å². The fourth-order valence-electron chi connectivity index (χ4n) is 4.52. The summed E-state index contributed by atoms with van der Waals surface area (Å²) in [5.74, 6) is 2.61. The van der Waals surface area contributed by atoms with Gasteiger partial charge in [0.1, 0.15) is 11.6 Å².